The second-order valence-electron chi connectivity index (χ2n) is 6.12. The third-order valence-corrected chi connectivity index (χ3v) is 4.82. The van der Waals surface area contributed by atoms with Crippen LogP contribution in [0.2, 0.25) is 0 Å². The number of rotatable bonds is 6. The molecule has 1 spiro atoms. The maximum absolute atomic E-state index is 9.02. The van der Waals surface area contributed by atoms with E-state index in [0.29, 0.717) is 18.6 Å². The minimum Gasteiger partial charge on any atom is -0.396 e. The first-order valence-corrected chi connectivity index (χ1v) is 7.76. The molecule has 3 heteroatoms. The first kappa shape index (κ1) is 14.3. The molecule has 0 aromatic carbocycles. The Labute approximate surface area is 111 Å². The van der Waals surface area contributed by atoms with E-state index in [9.17, 15) is 0 Å². The Hall–Kier alpha value is -0.120. The van der Waals surface area contributed by atoms with Crippen LogP contribution in [0.4, 0.5) is 0 Å². The van der Waals surface area contributed by atoms with Crippen molar-refractivity contribution in [1.29, 1.82) is 0 Å². The van der Waals surface area contributed by atoms with Crippen molar-refractivity contribution in [1.82, 2.24) is 5.32 Å². The van der Waals surface area contributed by atoms with Crippen molar-refractivity contribution in [2.75, 3.05) is 19.8 Å². The summed E-state index contributed by atoms with van der Waals surface area (Å²) in [6, 6.07) is 0.629. The van der Waals surface area contributed by atoms with Gasteiger partial charge in [0.2, 0.25) is 0 Å². The summed E-state index contributed by atoms with van der Waals surface area (Å²) >= 11 is 0. The van der Waals surface area contributed by atoms with Crippen molar-refractivity contribution in [3.63, 3.8) is 0 Å². The molecule has 2 unspecified atom stereocenters. The molecule has 1 heterocycles. The lowest BCUT2D eigenvalue weighted by Gasteiger charge is -2.39. The molecule has 2 N–H and O–H groups in total. The Morgan fingerprint density at radius 1 is 1.39 bits per heavy atom. The largest absolute Gasteiger partial charge is 0.396 e. The first-order valence-electron chi connectivity index (χ1n) is 7.76. The lowest BCUT2D eigenvalue weighted by Crippen LogP contribution is -2.46. The van der Waals surface area contributed by atoms with Crippen molar-refractivity contribution >= 4 is 0 Å². The standard InChI is InChI=1S/C15H29NO2/c1-2-13(5-9-17)12-16-14-6-10-18-15(11-14)7-3-4-8-15/h13-14,16-17H,2-12H2,1H3. The summed E-state index contributed by atoms with van der Waals surface area (Å²) in [6.07, 6.45) is 9.64. The first-order chi connectivity index (χ1) is 8.78. The fourth-order valence-corrected chi connectivity index (χ4v) is 3.54. The van der Waals surface area contributed by atoms with Crippen molar-refractivity contribution in [3.8, 4) is 0 Å². The number of aliphatic hydroxyl groups excluding tert-OH is 1. The fraction of sp³-hybridized carbons (Fsp3) is 1.00. The highest BCUT2D eigenvalue weighted by Gasteiger charge is 2.39. The van der Waals surface area contributed by atoms with Crippen LogP contribution in [0, 0.1) is 5.92 Å². The molecule has 0 amide bonds. The summed E-state index contributed by atoms with van der Waals surface area (Å²) in [6.45, 7) is 4.51. The molecule has 2 aliphatic rings. The van der Waals surface area contributed by atoms with Gasteiger partial charge in [-0.25, -0.2) is 0 Å². The van der Waals surface area contributed by atoms with Crippen LogP contribution in [0.15, 0.2) is 0 Å². The lowest BCUT2D eigenvalue weighted by atomic mass is 9.88. The third kappa shape index (κ3) is 3.69. The minimum atomic E-state index is 0.217. The predicted octanol–water partition coefficient (Wildman–Crippen LogP) is 2.48. The molecule has 18 heavy (non-hydrogen) atoms. The van der Waals surface area contributed by atoms with Gasteiger partial charge in [-0.2, -0.15) is 0 Å². The van der Waals surface area contributed by atoms with E-state index < -0.39 is 0 Å². The third-order valence-electron chi connectivity index (χ3n) is 4.82. The van der Waals surface area contributed by atoms with Gasteiger partial charge >= 0.3 is 0 Å². The van der Waals surface area contributed by atoms with E-state index in [1.54, 1.807) is 0 Å². The van der Waals surface area contributed by atoms with Crippen molar-refractivity contribution < 1.29 is 9.84 Å². The van der Waals surface area contributed by atoms with Crippen LogP contribution in [0.3, 0.4) is 0 Å². The van der Waals surface area contributed by atoms with Gasteiger partial charge in [0.05, 0.1) is 5.60 Å². The van der Waals surface area contributed by atoms with E-state index in [4.69, 9.17) is 9.84 Å². The topological polar surface area (TPSA) is 41.5 Å². The second kappa shape index (κ2) is 6.88. The van der Waals surface area contributed by atoms with E-state index in [-0.39, 0.29) is 5.60 Å². The van der Waals surface area contributed by atoms with Crippen molar-refractivity contribution in [2.45, 2.75) is 69.9 Å². The van der Waals surface area contributed by atoms with Crippen LogP contribution in [-0.2, 0) is 4.74 Å². The van der Waals surface area contributed by atoms with Crippen LogP contribution < -0.4 is 5.32 Å². The summed E-state index contributed by atoms with van der Waals surface area (Å²) in [5, 5.41) is 12.7. The maximum atomic E-state index is 9.02. The summed E-state index contributed by atoms with van der Waals surface area (Å²) in [4.78, 5) is 0. The van der Waals surface area contributed by atoms with Gasteiger partial charge in [-0.15, -0.1) is 0 Å². The number of aliphatic hydroxyl groups is 1. The normalized spacial score (nSPS) is 28.7. The smallest absolute Gasteiger partial charge is 0.0697 e. The second-order valence-corrected chi connectivity index (χ2v) is 6.12. The van der Waals surface area contributed by atoms with E-state index in [1.165, 1.54) is 32.1 Å². The highest BCUT2D eigenvalue weighted by Crippen LogP contribution is 2.39. The van der Waals surface area contributed by atoms with Crippen molar-refractivity contribution in [2.24, 2.45) is 5.92 Å². The van der Waals surface area contributed by atoms with E-state index in [1.807, 2.05) is 0 Å². The molecule has 106 valence electrons. The Morgan fingerprint density at radius 2 is 2.17 bits per heavy atom. The molecule has 0 bridgehead atoms. The molecule has 0 radical (unpaired) electrons. The monoisotopic (exact) mass is 255 g/mol. The summed E-state index contributed by atoms with van der Waals surface area (Å²) in [7, 11) is 0. The minimum absolute atomic E-state index is 0.217. The van der Waals surface area contributed by atoms with Crippen LogP contribution in [-0.4, -0.2) is 36.5 Å². The van der Waals surface area contributed by atoms with Crippen molar-refractivity contribution in [3.05, 3.63) is 0 Å². The molecule has 1 aliphatic carbocycles. The van der Waals surface area contributed by atoms with E-state index >= 15 is 0 Å². The molecule has 0 aromatic rings. The fourth-order valence-electron chi connectivity index (χ4n) is 3.54. The lowest BCUT2D eigenvalue weighted by molar-refractivity contribution is -0.0839. The highest BCUT2D eigenvalue weighted by atomic mass is 16.5. The average molecular weight is 255 g/mol. The van der Waals surface area contributed by atoms with Gasteiger partial charge in [-0.05, 0) is 44.6 Å². The Bertz CT molecular complexity index is 239. The number of hydrogen-bond acceptors (Lipinski definition) is 3. The molecule has 2 atom stereocenters. The summed E-state index contributed by atoms with van der Waals surface area (Å²) < 4.78 is 6.06. The van der Waals surface area contributed by atoms with E-state index in [2.05, 4.69) is 12.2 Å². The highest BCUT2D eigenvalue weighted by molar-refractivity contribution is 4.93. The summed E-state index contributed by atoms with van der Waals surface area (Å²) in [5.74, 6) is 0.623. The van der Waals surface area contributed by atoms with Gasteiger partial charge in [-0.1, -0.05) is 26.2 Å². The zero-order chi connectivity index (χ0) is 12.8. The molecule has 1 aliphatic heterocycles. The molecule has 2 rings (SSSR count). The molecule has 1 saturated carbocycles. The average Bonchev–Trinajstić information content (AvgIpc) is 2.82. The van der Waals surface area contributed by atoms with Gasteiger partial charge in [0.1, 0.15) is 0 Å². The Kier molecular flexibility index (Phi) is 5.46. The SMILES string of the molecule is CCC(CCO)CNC1CCOC2(CCCC2)C1. The van der Waals surface area contributed by atoms with Gasteiger partial charge in [0.15, 0.2) is 0 Å². The predicted molar refractivity (Wildman–Crippen MR) is 73.7 cm³/mol. The Morgan fingerprint density at radius 3 is 2.83 bits per heavy atom. The van der Waals surface area contributed by atoms with Crippen LogP contribution in [0.25, 0.3) is 0 Å². The Balaban J connectivity index is 1.75. The van der Waals surface area contributed by atoms with Crippen LogP contribution >= 0.6 is 0 Å². The van der Waals surface area contributed by atoms with Gasteiger partial charge in [0.25, 0.3) is 0 Å². The zero-order valence-corrected chi connectivity index (χ0v) is 11.8. The molecule has 2 fully saturated rings. The maximum Gasteiger partial charge on any atom is 0.0697 e. The molecule has 1 saturated heterocycles. The van der Waals surface area contributed by atoms with Crippen LogP contribution in [0.1, 0.15) is 58.3 Å². The summed E-state index contributed by atoms with van der Waals surface area (Å²) in [5.41, 5.74) is 0.217. The number of ether oxygens (including phenoxy) is 1. The number of hydrogen-bond donors (Lipinski definition) is 2. The van der Waals surface area contributed by atoms with Crippen LogP contribution in [0.5, 0.6) is 0 Å². The van der Waals surface area contributed by atoms with Gasteiger partial charge in [0, 0.05) is 19.3 Å². The van der Waals surface area contributed by atoms with Gasteiger partial charge < -0.3 is 15.2 Å². The zero-order valence-electron chi connectivity index (χ0n) is 11.8. The molecule has 0 aromatic heterocycles. The van der Waals surface area contributed by atoms with Gasteiger partial charge in [-0.3, -0.25) is 0 Å². The molecule has 3 nitrogen and oxygen atoms in total. The quantitative estimate of drug-likeness (QED) is 0.766. The number of nitrogens with one attached hydrogen (secondary N) is 1. The molecular weight excluding hydrogens is 226 g/mol. The van der Waals surface area contributed by atoms with E-state index in [0.717, 1.165) is 32.4 Å². The molecular formula is C15H29NO2.